The summed E-state index contributed by atoms with van der Waals surface area (Å²) < 4.78 is 5.34. The van der Waals surface area contributed by atoms with E-state index < -0.39 is 12.1 Å². The van der Waals surface area contributed by atoms with Gasteiger partial charge in [0, 0.05) is 19.6 Å². The molecule has 0 saturated carbocycles. The Morgan fingerprint density at radius 3 is 2.61 bits per heavy atom. The van der Waals surface area contributed by atoms with Gasteiger partial charge in [0.1, 0.15) is 0 Å². The third kappa shape index (κ3) is 3.43. The molecule has 2 heterocycles. The minimum Gasteiger partial charge on any atom is -0.479 e. The Hall–Kier alpha value is -1.14. The lowest BCUT2D eigenvalue weighted by Gasteiger charge is -2.17. The van der Waals surface area contributed by atoms with Crippen molar-refractivity contribution in [3.05, 3.63) is 0 Å². The summed E-state index contributed by atoms with van der Waals surface area (Å²) in [7, 11) is 0. The molecular formula is C12H20N2O4. The number of carbonyl (C=O) groups excluding carboxylic acids is 1. The van der Waals surface area contributed by atoms with Crippen molar-refractivity contribution in [2.24, 2.45) is 0 Å². The molecule has 6 nitrogen and oxygen atoms in total. The predicted molar refractivity (Wildman–Crippen MR) is 64.2 cm³/mol. The van der Waals surface area contributed by atoms with Gasteiger partial charge < -0.3 is 20.1 Å². The molecule has 0 aliphatic carbocycles. The molecule has 2 fully saturated rings. The zero-order valence-electron chi connectivity index (χ0n) is 10.4. The number of hydrogen-bond acceptors (Lipinski definition) is 4. The van der Waals surface area contributed by atoms with E-state index in [4.69, 9.17) is 9.84 Å². The molecule has 2 N–H and O–H groups in total. The highest BCUT2D eigenvalue weighted by atomic mass is 16.5. The van der Waals surface area contributed by atoms with E-state index in [1.165, 1.54) is 0 Å². The van der Waals surface area contributed by atoms with Crippen LogP contribution in [0.25, 0.3) is 0 Å². The standard InChI is InChI=1S/C12H20N2O4/c15-11(14-5-1-2-6-14)8-13-7-9-3-4-10(18-9)12(16)17/h9-10,13H,1-8H2,(H,16,17). The van der Waals surface area contributed by atoms with E-state index in [-0.39, 0.29) is 12.0 Å². The van der Waals surface area contributed by atoms with Crippen molar-refractivity contribution in [1.29, 1.82) is 0 Å². The SMILES string of the molecule is O=C(O)C1CCC(CNCC(=O)N2CCCC2)O1. The summed E-state index contributed by atoms with van der Waals surface area (Å²) in [5.41, 5.74) is 0. The molecule has 0 aromatic heterocycles. The van der Waals surface area contributed by atoms with Gasteiger partial charge in [0.25, 0.3) is 0 Å². The lowest BCUT2D eigenvalue weighted by Crippen LogP contribution is -2.39. The summed E-state index contributed by atoms with van der Waals surface area (Å²) in [4.78, 5) is 24.3. The minimum atomic E-state index is -0.898. The van der Waals surface area contributed by atoms with Crippen LogP contribution in [0.1, 0.15) is 25.7 Å². The highest BCUT2D eigenvalue weighted by Gasteiger charge is 2.30. The third-order valence-electron chi connectivity index (χ3n) is 3.49. The monoisotopic (exact) mass is 256 g/mol. The lowest BCUT2D eigenvalue weighted by atomic mass is 10.2. The summed E-state index contributed by atoms with van der Waals surface area (Å²) in [6, 6.07) is 0. The normalized spacial score (nSPS) is 27.7. The van der Waals surface area contributed by atoms with Crippen molar-refractivity contribution in [3.8, 4) is 0 Å². The van der Waals surface area contributed by atoms with Crippen LogP contribution in [0.2, 0.25) is 0 Å². The summed E-state index contributed by atoms with van der Waals surface area (Å²) >= 11 is 0. The number of likely N-dealkylation sites (tertiary alicyclic amines) is 1. The van der Waals surface area contributed by atoms with Crippen LogP contribution < -0.4 is 5.32 Å². The highest BCUT2D eigenvalue weighted by molar-refractivity contribution is 5.78. The van der Waals surface area contributed by atoms with Gasteiger partial charge in [0.15, 0.2) is 6.10 Å². The van der Waals surface area contributed by atoms with Gasteiger partial charge in [-0.3, -0.25) is 4.79 Å². The molecule has 2 saturated heterocycles. The van der Waals surface area contributed by atoms with Gasteiger partial charge in [0.05, 0.1) is 12.6 Å². The van der Waals surface area contributed by atoms with Gasteiger partial charge in [-0.05, 0) is 25.7 Å². The van der Waals surface area contributed by atoms with E-state index in [2.05, 4.69) is 5.32 Å². The lowest BCUT2D eigenvalue weighted by molar-refractivity contribution is -0.149. The van der Waals surface area contributed by atoms with Crippen LogP contribution in [0, 0.1) is 0 Å². The topological polar surface area (TPSA) is 78.9 Å². The van der Waals surface area contributed by atoms with Crippen molar-refractivity contribution in [3.63, 3.8) is 0 Å². The summed E-state index contributed by atoms with van der Waals surface area (Å²) in [6.45, 7) is 2.59. The molecule has 2 atom stereocenters. The molecule has 2 aliphatic heterocycles. The molecular weight excluding hydrogens is 236 g/mol. The Labute approximate surface area is 106 Å². The second kappa shape index (κ2) is 6.15. The van der Waals surface area contributed by atoms with Gasteiger partial charge in [-0.1, -0.05) is 0 Å². The Balaban J connectivity index is 1.61. The molecule has 2 aliphatic rings. The first kappa shape index (κ1) is 13.3. The Morgan fingerprint density at radius 2 is 2.00 bits per heavy atom. The fourth-order valence-electron chi connectivity index (χ4n) is 2.46. The Bertz CT molecular complexity index is 315. The summed E-state index contributed by atoms with van der Waals surface area (Å²) in [5.74, 6) is -0.772. The van der Waals surface area contributed by atoms with E-state index in [0.29, 0.717) is 19.5 Å². The Kier molecular flexibility index (Phi) is 4.54. The predicted octanol–water partition coefficient (Wildman–Crippen LogP) is -0.169. The number of hydrogen-bond donors (Lipinski definition) is 2. The first-order chi connectivity index (χ1) is 8.66. The van der Waals surface area contributed by atoms with Crippen molar-refractivity contribution in [2.45, 2.75) is 37.9 Å². The quantitative estimate of drug-likeness (QED) is 0.714. The number of ether oxygens (including phenoxy) is 1. The molecule has 102 valence electrons. The molecule has 2 rings (SSSR count). The largest absolute Gasteiger partial charge is 0.479 e. The van der Waals surface area contributed by atoms with Crippen LogP contribution in [-0.4, -0.2) is 60.3 Å². The van der Waals surface area contributed by atoms with Crippen molar-refractivity contribution in [2.75, 3.05) is 26.2 Å². The van der Waals surface area contributed by atoms with Crippen molar-refractivity contribution < 1.29 is 19.4 Å². The van der Waals surface area contributed by atoms with Crippen molar-refractivity contribution >= 4 is 11.9 Å². The fraction of sp³-hybridized carbons (Fsp3) is 0.833. The van der Waals surface area contributed by atoms with E-state index in [1.54, 1.807) is 0 Å². The molecule has 1 amide bonds. The Morgan fingerprint density at radius 1 is 1.28 bits per heavy atom. The smallest absolute Gasteiger partial charge is 0.332 e. The van der Waals surface area contributed by atoms with Crippen LogP contribution in [-0.2, 0) is 14.3 Å². The number of carboxylic acids is 1. The van der Waals surface area contributed by atoms with Gasteiger partial charge in [0.2, 0.25) is 5.91 Å². The molecule has 0 radical (unpaired) electrons. The molecule has 6 heteroatoms. The highest BCUT2D eigenvalue weighted by Crippen LogP contribution is 2.19. The van der Waals surface area contributed by atoms with E-state index in [0.717, 1.165) is 32.4 Å². The fourth-order valence-corrected chi connectivity index (χ4v) is 2.46. The first-order valence-corrected chi connectivity index (χ1v) is 6.53. The van der Waals surface area contributed by atoms with Crippen molar-refractivity contribution in [1.82, 2.24) is 10.2 Å². The summed E-state index contributed by atoms with van der Waals surface area (Å²) in [6.07, 6.45) is 2.72. The average molecular weight is 256 g/mol. The number of amides is 1. The minimum absolute atomic E-state index is 0.0857. The molecule has 0 aromatic rings. The second-order valence-electron chi connectivity index (χ2n) is 4.88. The maximum Gasteiger partial charge on any atom is 0.332 e. The van der Waals surface area contributed by atoms with Crippen LogP contribution in [0.15, 0.2) is 0 Å². The first-order valence-electron chi connectivity index (χ1n) is 6.53. The number of nitrogens with one attached hydrogen (secondary N) is 1. The van der Waals surface area contributed by atoms with Crippen LogP contribution in [0.5, 0.6) is 0 Å². The second-order valence-corrected chi connectivity index (χ2v) is 4.88. The maximum absolute atomic E-state index is 11.7. The number of aliphatic carboxylic acids is 1. The third-order valence-corrected chi connectivity index (χ3v) is 3.49. The number of carboxylic acid groups (broad SMARTS) is 1. The van der Waals surface area contributed by atoms with Crippen LogP contribution >= 0.6 is 0 Å². The van der Waals surface area contributed by atoms with E-state index in [9.17, 15) is 9.59 Å². The molecule has 0 aromatic carbocycles. The zero-order chi connectivity index (χ0) is 13.0. The van der Waals surface area contributed by atoms with Gasteiger partial charge in [-0.15, -0.1) is 0 Å². The van der Waals surface area contributed by atoms with E-state index >= 15 is 0 Å². The van der Waals surface area contributed by atoms with E-state index in [1.807, 2.05) is 4.90 Å². The van der Waals surface area contributed by atoms with Gasteiger partial charge >= 0.3 is 5.97 Å². The van der Waals surface area contributed by atoms with Gasteiger partial charge in [-0.25, -0.2) is 4.79 Å². The molecule has 0 bridgehead atoms. The number of rotatable bonds is 5. The number of nitrogens with zero attached hydrogens (tertiary/aromatic N) is 1. The number of carbonyl (C=O) groups is 2. The molecule has 18 heavy (non-hydrogen) atoms. The summed E-state index contributed by atoms with van der Waals surface area (Å²) in [5, 5.41) is 11.8. The molecule has 0 spiro atoms. The maximum atomic E-state index is 11.7. The average Bonchev–Trinajstić information content (AvgIpc) is 3.00. The van der Waals surface area contributed by atoms with Crippen LogP contribution in [0.3, 0.4) is 0 Å². The zero-order valence-corrected chi connectivity index (χ0v) is 10.4. The molecule has 2 unspecified atom stereocenters. The van der Waals surface area contributed by atoms with Gasteiger partial charge in [-0.2, -0.15) is 0 Å². The van der Waals surface area contributed by atoms with Crippen LogP contribution in [0.4, 0.5) is 0 Å².